The Bertz CT molecular complexity index is 344. The highest BCUT2D eigenvalue weighted by Crippen LogP contribution is 2.18. The summed E-state index contributed by atoms with van der Waals surface area (Å²) in [6.45, 7) is 3.37. The van der Waals surface area contributed by atoms with Crippen molar-refractivity contribution in [3.05, 3.63) is 16.1 Å². The molecule has 4 nitrogen and oxygen atoms in total. The Kier molecular flexibility index (Phi) is 2.52. The number of thiazole rings is 1. The van der Waals surface area contributed by atoms with Crippen molar-refractivity contribution < 1.29 is 9.90 Å². The molecule has 0 aromatic carbocycles. The van der Waals surface area contributed by atoms with Crippen molar-refractivity contribution in [2.24, 2.45) is 5.92 Å². The van der Waals surface area contributed by atoms with Crippen LogP contribution in [0.2, 0.25) is 0 Å². The van der Waals surface area contributed by atoms with Crippen LogP contribution in [0.3, 0.4) is 0 Å². The van der Waals surface area contributed by atoms with E-state index in [2.05, 4.69) is 4.98 Å². The van der Waals surface area contributed by atoms with E-state index in [-0.39, 0.29) is 18.4 Å². The van der Waals surface area contributed by atoms with Crippen LogP contribution in [0.1, 0.15) is 15.5 Å². The Morgan fingerprint density at radius 2 is 2.50 bits per heavy atom. The van der Waals surface area contributed by atoms with E-state index in [9.17, 15) is 4.79 Å². The Balaban J connectivity index is 1.97. The molecule has 0 spiro atoms. The highest BCUT2D eigenvalue weighted by atomic mass is 32.1. The molecule has 0 aliphatic carbocycles. The fourth-order valence-corrected chi connectivity index (χ4v) is 2.06. The van der Waals surface area contributed by atoms with E-state index in [1.807, 2.05) is 6.92 Å². The van der Waals surface area contributed by atoms with Crippen LogP contribution in [0, 0.1) is 12.8 Å². The summed E-state index contributed by atoms with van der Waals surface area (Å²) >= 11 is 1.48. The van der Waals surface area contributed by atoms with Gasteiger partial charge in [0.05, 0.1) is 5.01 Å². The molecule has 1 N–H and O–H groups in total. The predicted molar refractivity (Wildman–Crippen MR) is 53.3 cm³/mol. The molecule has 1 aliphatic heterocycles. The molecule has 1 saturated heterocycles. The maximum Gasteiger partial charge on any atom is 0.273 e. The molecule has 76 valence electrons. The lowest BCUT2D eigenvalue weighted by Gasteiger charge is -2.37. The number of aliphatic hydroxyl groups is 1. The maximum atomic E-state index is 11.7. The fraction of sp³-hybridized carbons (Fsp3) is 0.556. The number of carbonyl (C=O) groups is 1. The van der Waals surface area contributed by atoms with Gasteiger partial charge in [-0.2, -0.15) is 0 Å². The van der Waals surface area contributed by atoms with Gasteiger partial charge in [-0.1, -0.05) is 0 Å². The minimum atomic E-state index is -0.0148. The van der Waals surface area contributed by atoms with Gasteiger partial charge >= 0.3 is 0 Å². The molecule has 0 radical (unpaired) electrons. The number of hydrogen-bond acceptors (Lipinski definition) is 4. The monoisotopic (exact) mass is 212 g/mol. The Labute approximate surface area is 86.2 Å². The molecule has 1 fully saturated rings. The highest BCUT2D eigenvalue weighted by molar-refractivity contribution is 7.09. The van der Waals surface area contributed by atoms with Gasteiger partial charge < -0.3 is 10.0 Å². The third-order valence-corrected chi connectivity index (χ3v) is 3.11. The first-order valence-electron chi connectivity index (χ1n) is 4.53. The summed E-state index contributed by atoms with van der Waals surface area (Å²) in [5, 5.41) is 11.5. The van der Waals surface area contributed by atoms with Gasteiger partial charge in [-0.05, 0) is 6.92 Å². The number of hydrogen-bond donors (Lipinski definition) is 1. The molecule has 1 amide bonds. The van der Waals surface area contributed by atoms with Gasteiger partial charge in [-0.25, -0.2) is 4.98 Å². The topological polar surface area (TPSA) is 53.4 Å². The molecular formula is C9H12N2O2S. The van der Waals surface area contributed by atoms with Crippen molar-refractivity contribution in [1.82, 2.24) is 9.88 Å². The number of likely N-dealkylation sites (tertiary alicyclic amines) is 1. The second kappa shape index (κ2) is 3.67. The standard InChI is InChI=1S/C9H12N2O2S/c1-6-10-8(5-14-6)9(13)11-2-7(3-11)4-12/h5,7,12H,2-4H2,1H3. The summed E-state index contributed by atoms with van der Waals surface area (Å²) in [4.78, 5) is 17.5. The fourth-order valence-electron chi connectivity index (χ4n) is 1.47. The van der Waals surface area contributed by atoms with Gasteiger partial charge in [0.1, 0.15) is 5.69 Å². The zero-order valence-corrected chi connectivity index (χ0v) is 8.75. The summed E-state index contributed by atoms with van der Waals surface area (Å²) in [6, 6.07) is 0. The van der Waals surface area contributed by atoms with Crippen molar-refractivity contribution in [2.45, 2.75) is 6.92 Å². The zero-order valence-electron chi connectivity index (χ0n) is 7.93. The summed E-state index contributed by atoms with van der Waals surface area (Å²) < 4.78 is 0. The van der Waals surface area contributed by atoms with E-state index < -0.39 is 0 Å². The normalized spacial score (nSPS) is 16.9. The van der Waals surface area contributed by atoms with Crippen LogP contribution < -0.4 is 0 Å². The molecule has 2 rings (SSSR count). The number of amides is 1. The summed E-state index contributed by atoms with van der Waals surface area (Å²) in [5.41, 5.74) is 0.531. The molecule has 2 heterocycles. The first kappa shape index (κ1) is 9.61. The third-order valence-electron chi connectivity index (χ3n) is 2.34. The number of aryl methyl sites for hydroxylation is 1. The lowest BCUT2D eigenvalue weighted by atomic mass is 10.0. The van der Waals surface area contributed by atoms with Crippen LogP contribution in [0.5, 0.6) is 0 Å². The molecule has 0 bridgehead atoms. The van der Waals surface area contributed by atoms with Crippen molar-refractivity contribution in [3.63, 3.8) is 0 Å². The zero-order chi connectivity index (χ0) is 10.1. The minimum Gasteiger partial charge on any atom is -0.396 e. The number of rotatable bonds is 2. The number of aliphatic hydroxyl groups excluding tert-OH is 1. The first-order chi connectivity index (χ1) is 6.70. The van der Waals surface area contributed by atoms with E-state index in [1.54, 1.807) is 10.3 Å². The summed E-state index contributed by atoms with van der Waals surface area (Å²) in [6.07, 6.45) is 0. The lowest BCUT2D eigenvalue weighted by Crippen LogP contribution is -2.51. The third kappa shape index (κ3) is 1.65. The second-order valence-electron chi connectivity index (χ2n) is 3.51. The summed E-state index contributed by atoms with van der Waals surface area (Å²) in [7, 11) is 0. The molecular weight excluding hydrogens is 200 g/mol. The van der Waals surface area contributed by atoms with E-state index in [0.29, 0.717) is 18.8 Å². The van der Waals surface area contributed by atoms with Gasteiger partial charge in [0.25, 0.3) is 5.91 Å². The molecule has 14 heavy (non-hydrogen) atoms. The van der Waals surface area contributed by atoms with E-state index in [0.717, 1.165) is 5.01 Å². The average molecular weight is 212 g/mol. The van der Waals surface area contributed by atoms with Crippen LogP contribution in [0.4, 0.5) is 0 Å². The predicted octanol–water partition coefficient (Wildman–Crippen LogP) is 0.516. The van der Waals surface area contributed by atoms with Gasteiger partial charge in [0.15, 0.2) is 0 Å². The number of aromatic nitrogens is 1. The lowest BCUT2D eigenvalue weighted by molar-refractivity contribution is 0.0357. The SMILES string of the molecule is Cc1nc(C(=O)N2CC(CO)C2)cs1. The number of nitrogens with zero attached hydrogens (tertiary/aromatic N) is 2. The van der Waals surface area contributed by atoms with Gasteiger partial charge in [-0.3, -0.25) is 4.79 Å². The first-order valence-corrected chi connectivity index (χ1v) is 5.41. The molecule has 5 heteroatoms. The highest BCUT2D eigenvalue weighted by Gasteiger charge is 2.31. The van der Waals surface area contributed by atoms with Crippen molar-refractivity contribution in [3.8, 4) is 0 Å². The smallest absolute Gasteiger partial charge is 0.273 e. The second-order valence-corrected chi connectivity index (χ2v) is 4.57. The van der Waals surface area contributed by atoms with Crippen LogP contribution in [-0.2, 0) is 0 Å². The minimum absolute atomic E-state index is 0.0148. The van der Waals surface area contributed by atoms with E-state index >= 15 is 0 Å². The van der Waals surface area contributed by atoms with Crippen LogP contribution >= 0.6 is 11.3 Å². The number of carbonyl (C=O) groups excluding carboxylic acids is 1. The Morgan fingerprint density at radius 1 is 1.79 bits per heavy atom. The molecule has 1 aromatic rings. The van der Waals surface area contributed by atoms with Crippen molar-refractivity contribution >= 4 is 17.2 Å². The van der Waals surface area contributed by atoms with Crippen LogP contribution in [0.25, 0.3) is 0 Å². The maximum absolute atomic E-state index is 11.7. The Morgan fingerprint density at radius 3 is 3.00 bits per heavy atom. The molecule has 0 unspecified atom stereocenters. The molecule has 0 atom stereocenters. The van der Waals surface area contributed by atoms with Crippen molar-refractivity contribution in [2.75, 3.05) is 19.7 Å². The van der Waals surface area contributed by atoms with Gasteiger partial charge in [0.2, 0.25) is 0 Å². The van der Waals surface area contributed by atoms with E-state index in [4.69, 9.17) is 5.11 Å². The average Bonchev–Trinajstić information content (AvgIpc) is 2.49. The van der Waals surface area contributed by atoms with Crippen LogP contribution in [-0.4, -0.2) is 40.6 Å². The van der Waals surface area contributed by atoms with Crippen molar-refractivity contribution in [1.29, 1.82) is 0 Å². The quantitative estimate of drug-likeness (QED) is 0.777. The van der Waals surface area contributed by atoms with Crippen LogP contribution in [0.15, 0.2) is 5.38 Å². The molecule has 0 saturated carbocycles. The van der Waals surface area contributed by atoms with E-state index in [1.165, 1.54) is 11.3 Å². The molecule has 1 aliphatic rings. The summed E-state index contributed by atoms with van der Waals surface area (Å²) in [5.74, 6) is 0.248. The molecule has 1 aromatic heterocycles. The van der Waals surface area contributed by atoms with Gasteiger partial charge in [-0.15, -0.1) is 11.3 Å². The largest absolute Gasteiger partial charge is 0.396 e. The Hall–Kier alpha value is -0.940. The van der Waals surface area contributed by atoms with Gasteiger partial charge in [0, 0.05) is 31.0 Å².